The zero-order valence-corrected chi connectivity index (χ0v) is 14.3. The van der Waals surface area contributed by atoms with Gasteiger partial charge in [-0.15, -0.1) is 11.3 Å². The van der Waals surface area contributed by atoms with Gasteiger partial charge in [-0.1, -0.05) is 18.0 Å². The maximum absolute atomic E-state index is 12.2. The number of unbranched alkanes of at least 4 members (excludes halogenated alkanes) is 2. The monoisotopic (exact) mass is 355 g/mol. The summed E-state index contributed by atoms with van der Waals surface area (Å²) in [5.74, 6) is -0.294. The van der Waals surface area contributed by atoms with Crippen LogP contribution < -0.4 is 10.1 Å². The zero-order chi connectivity index (χ0) is 16.8. The van der Waals surface area contributed by atoms with E-state index in [0.717, 1.165) is 22.9 Å². The van der Waals surface area contributed by atoms with E-state index < -0.39 is 5.97 Å². The van der Waals surface area contributed by atoms with Gasteiger partial charge in [0.15, 0.2) is 0 Å². The number of halogens is 1. The van der Waals surface area contributed by atoms with Gasteiger partial charge in [0.1, 0.15) is 10.6 Å². The van der Waals surface area contributed by atoms with Crippen LogP contribution in [-0.2, 0) is 4.79 Å². The Kier molecular flexibility index (Phi) is 6.24. The van der Waals surface area contributed by atoms with E-state index in [2.05, 4.69) is 5.32 Å². The largest absolute Gasteiger partial charge is 0.497 e. The quantitative estimate of drug-likeness (QED) is 0.703. The Morgan fingerprint density at radius 2 is 2.09 bits per heavy atom. The van der Waals surface area contributed by atoms with Crippen molar-refractivity contribution >= 4 is 44.9 Å². The molecule has 0 unspecified atom stereocenters. The number of aliphatic carboxylic acids is 1. The summed E-state index contributed by atoms with van der Waals surface area (Å²) in [6.07, 6.45) is 2.30. The standard InChI is InChI=1S/C16H18ClNO4S/c1-22-10-6-7-12-11(9-10)14(17)15(23-12)16(21)18-8-4-2-3-5-13(19)20/h6-7,9H,2-5,8H2,1H3,(H,18,21)(H,19,20). The second-order valence-corrected chi connectivity index (χ2v) is 6.50. The number of nitrogens with one attached hydrogen (secondary N) is 1. The van der Waals surface area contributed by atoms with E-state index in [9.17, 15) is 9.59 Å². The van der Waals surface area contributed by atoms with Crippen molar-refractivity contribution < 1.29 is 19.4 Å². The molecule has 124 valence electrons. The Bertz CT molecular complexity index is 713. The van der Waals surface area contributed by atoms with Crippen molar-refractivity contribution in [3.05, 3.63) is 28.1 Å². The number of thiophene rings is 1. The van der Waals surface area contributed by atoms with Crippen molar-refractivity contribution in [2.75, 3.05) is 13.7 Å². The first-order valence-corrected chi connectivity index (χ1v) is 8.48. The van der Waals surface area contributed by atoms with Crippen LogP contribution in [0.2, 0.25) is 5.02 Å². The molecule has 23 heavy (non-hydrogen) atoms. The summed E-state index contributed by atoms with van der Waals surface area (Å²) >= 11 is 7.65. The van der Waals surface area contributed by atoms with Crippen LogP contribution in [0.25, 0.3) is 10.1 Å². The molecule has 0 saturated carbocycles. The third kappa shape index (κ3) is 4.59. The summed E-state index contributed by atoms with van der Waals surface area (Å²) in [7, 11) is 1.58. The number of carboxylic acid groups (broad SMARTS) is 1. The molecule has 5 nitrogen and oxygen atoms in total. The van der Waals surface area contributed by atoms with E-state index in [1.165, 1.54) is 11.3 Å². The second-order valence-electron chi connectivity index (χ2n) is 5.07. The minimum absolute atomic E-state index is 0.165. The minimum atomic E-state index is -0.790. The van der Waals surface area contributed by atoms with Gasteiger partial charge >= 0.3 is 5.97 Å². The second kappa shape index (κ2) is 8.17. The Morgan fingerprint density at radius 3 is 2.78 bits per heavy atom. The third-order valence-electron chi connectivity index (χ3n) is 3.39. The van der Waals surface area contributed by atoms with Crippen LogP contribution in [0.15, 0.2) is 18.2 Å². The average molecular weight is 356 g/mol. The first-order valence-electron chi connectivity index (χ1n) is 7.29. The number of ether oxygens (including phenoxy) is 1. The Labute approximate surface area is 143 Å². The molecule has 2 rings (SSSR count). The highest BCUT2D eigenvalue weighted by Gasteiger charge is 2.17. The van der Waals surface area contributed by atoms with Gasteiger partial charge < -0.3 is 15.2 Å². The van der Waals surface area contributed by atoms with Crippen LogP contribution in [-0.4, -0.2) is 30.6 Å². The first kappa shape index (κ1) is 17.6. The van der Waals surface area contributed by atoms with Gasteiger partial charge in [0, 0.05) is 23.1 Å². The number of hydrogen-bond acceptors (Lipinski definition) is 4. The predicted octanol–water partition coefficient (Wildman–Crippen LogP) is 3.94. The SMILES string of the molecule is COc1ccc2sc(C(=O)NCCCCCC(=O)O)c(Cl)c2c1. The van der Waals surface area contributed by atoms with Crippen LogP contribution in [0.4, 0.5) is 0 Å². The van der Waals surface area contributed by atoms with E-state index in [0.29, 0.717) is 28.6 Å². The number of amides is 1. The number of carbonyl (C=O) groups is 2. The number of carbonyl (C=O) groups excluding carboxylic acids is 1. The Hall–Kier alpha value is -1.79. The molecule has 0 aliphatic carbocycles. The fraction of sp³-hybridized carbons (Fsp3) is 0.375. The van der Waals surface area contributed by atoms with E-state index in [1.807, 2.05) is 18.2 Å². The van der Waals surface area contributed by atoms with Crippen LogP contribution >= 0.6 is 22.9 Å². The molecule has 0 bridgehead atoms. The normalized spacial score (nSPS) is 10.7. The first-order chi connectivity index (χ1) is 11.0. The summed E-state index contributed by atoms with van der Waals surface area (Å²) in [5.41, 5.74) is 0. The van der Waals surface area contributed by atoms with Crippen molar-refractivity contribution in [2.45, 2.75) is 25.7 Å². The zero-order valence-electron chi connectivity index (χ0n) is 12.7. The molecular formula is C16H18ClNO4S. The van der Waals surface area contributed by atoms with Gasteiger partial charge in [-0.05, 0) is 31.0 Å². The molecule has 1 aromatic carbocycles. The van der Waals surface area contributed by atoms with Crippen LogP contribution in [0, 0.1) is 0 Å². The molecule has 7 heteroatoms. The van der Waals surface area contributed by atoms with Crippen LogP contribution in [0.3, 0.4) is 0 Å². The fourth-order valence-corrected chi connectivity index (χ4v) is 3.59. The van der Waals surface area contributed by atoms with Crippen LogP contribution in [0.1, 0.15) is 35.4 Å². The predicted molar refractivity (Wildman–Crippen MR) is 91.8 cm³/mol. The lowest BCUT2D eigenvalue weighted by Crippen LogP contribution is -2.23. The number of fused-ring (bicyclic) bond motifs is 1. The molecule has 0 saturated heterocycles. The van der Waals surface area contributed by atoms with E-state index in [4.69, 9.17) is 21.4 Å². The van der Waals surface area contributed by atoms with Gasteiger partial charge in [0.25, 0.3) is 5.91 Å². The average Bonchev–Trinajstić information content (AvgIpc) is 2.86. The van der Waals surface area contributed by atoms with Gasteiger partial charge in [-0.2, -0.15) is 0 Å². The Balaban J connectivity index is 1.93. The third-order valence-corrected chi connectivity index (χ3v) is 5.07. The van der Waals surface area contributed by atoms with Crippen molar-refractivity contribution in [3.8, 4) is 5.75 Å². The van der Waals surface area contributed by atoms with Gasteiger partial charge in [-0.3, -0.25) is 9.59 Å². The van der Waals surface area contributed by atoms with E-state index in [-0.39, 0.29) is 12.3 Å². The maximum atomic E-state index is 12.2. The topological polar surface area (TPSA) is 75.6 Å². The lowest BCUT2D eigenvalue weighted by Gasteiger charge is -2.03. The number of hydrogen-bond donors (Lipinski definition) is 2. The molecule has 0 radical (unpaired) electrons. The van der Waals surface area contributed by atoms with E-state index >= 15 is 0 Å². The van der Waals surface area contributed by atoms with Gasteiger partial charge in [-0.25, -0.2) is 0 Å². The Morgan fingerprint density at radius 1 is 1.30 bits per heavy atom. The smallest absolute Gasteiger partial charge is 0.303 e. The summed E-state index contributed by atoms with van der Waals surface area (Å²) in [6, 6.07) is 5.53. The summed E-state index contributed by atoms with van der Waals surface area (Å²) in [6.45, 7) is 0.506. The van der Waals surface area contributed by atoms with E-state index in [1.54, 1.807) is 7.11 Å². The molecule has 0 aliphatic rings. The molecule has 2 aromatic rings. The van der Waals surface area contributed by atoms with Crippen molar-refractivity contribution in [3.63, 3.8) is 0 Å². The molecule has 0 spiro atoms. The van der Waals surface area contributed by atoms with Crippen molar-refractivity contribution in [1.82, 2.24) is 5.32 Å². The van der Waals surface area contributed by atoms with Gasteiger partial charge in [0.05, 0.1) is 12.1 Å². The highest BCUT2D eigenvalue weighted by atomic mass is 35.5. The minimum Gasteiger partial charge on any atom is -0.497 e. The summed E-state index contributed by atoms with van der Waals surface area (Å²) < 4.78 is 6.10. The summed E-state index contributed by atoms with van der Waals surface area (Å²) in [4.78, 5) is 23.1. The lowest BCUT2D eigenvalue weighted by molar-refractivity contribution is -0.137. The molecule has 1 aromatic heterocycles. The van der Waals surface area contributed by atoms with Crippen LogP contribution in [0.5, 0.6) is 5.75 Å². The molecule has 0 aliphatic heterocycles. The molecular weight excluding hydrogens is 338 g/mol. The molecule has 2 N–H and O–H groups in total. The van der Waals surface area contributed by atoms with Gasteiger partial charge in [0.2, 0.25) is 0 Å². The van der Waals surface area contributed by atoms with Crippen molar-refractivity contribution in [1.29, 1.82) is 0 Å². The maximum Gasteiger partial charge on any atom is 0.303 e. The molecule has 0 atom stereocenters. The highest BCUT2D eigenvalue weighted by molar-refractivity contribution is 7.21. The number of methoxy groups -OCH3 is 1. The summed E-state index contributed by atoms with van der Waals surface area (Å²) in [5, 5.41) is 12.6. The number of benzene rings is 1. The van der Waals surface area contributed by atoms with Crippen molar-refractivity contribution in [2.24, 2.45) is 0 Å². The number of rotatable bonds is 8. The molecule has 1 heterocycles. The lowest BCUT2D eigenvalue weighted by atomic mass is 10.2. The number of carboxylic acids is 1. The molecule has 1 amide bonds. The fourth-order valence-electron chi connectivity index (χ4n) is 2.18. The molecule has 0 fully saturated rings. The highest BCUT2D eigenvalue weighted by Crippen LogP contribution is 2.37.